The van der Waals surface area contributed by atoms with Gasteiger partial charge < -0.3 is 5.32 Å². The van der Waals surface area contributed by atoms with E-state index in [-0.39, 0.29) is 33.0 Å². The van der Waals surface area contributed by atoms with Crippen molar-refractivity contribution in [3.8, 4) is 0 Å². The van der Waals surface area contributed by atoms with Gasteiger partial charge in [0.1, 0.15) is 4.90 Å². The van der Waals surface area contributed by atoms with Crippen molar-refractivity contribution in [2.24, 2.45) is 5.92 Å². The summed E-state index contributed by atoms with van der Waals surface area (Å²) in [4.78, 5) is 12.3. The van der Waals surface area contributed by atoms with Crippen LogP contribution in [0.4, 0.5) is 5.69 Å². The van der Waals surface area contributed by atoms with E-state index < -0.39 is 15.9 Å². The maximum atomic E-state index is 12.5. The molecule has 0 aliphatic carbocycles. The Labute approximate surface area is 163 Å². The lowest BCUT2D eigenvalue weighted by molar-refractivity contribution is 0.102. The molecule has 2 N–H and O–H groups in total. The fourth-order valence-corrected chi connectivity index (χ4v) is 4.17. The summed E-state index contributed by atoms with van der Waals surface area (Å²) in [5.41, 5.74) is 1.66. The number of rotatable bonds is 6. The van der Waals surface area contributed by atoms with Crippen LogP contribution < -0.4 is 10.0 Å². The number of benzene rings is 2. The summed E-state index contributed by atoms with van der Waals surface area (Å²) >= 11 is 12.2. The van der Waals surface area contributed by atoms with E-state index in [1.54, 1.807) is 12.1 Å². The highest BCUT2D eigenvalue weighted by atomic mass is 35.5. The largest absolute Gasteiger partial charge is 0.322 e. The number of carbonyl (C=O) groups is 1. The topological polar surface area (TPSA) is 75.3 Å². The Morgan fingerprint density at radius 1 is 1.08 bits per heavy atom. The molecule has 0 saturated heterocycles. The predicted molar refractivity (Wildman–Crippen MR) is 106 cm³/mol. The summed E-state index contributed by atoms with van der Waals surface area (Å²) < 4.78 is 27.4. The first-order valence-corrected chi connectivity index (χ1v) is 10.2. The first-order valence-electron chi connectivity index (χ1n) is 7.97. The summed E-state index contributed by atoms with van der Waals surface area (Å²) in [6, 6.07) is 9.65. The highest BCUT2D eigenvalue weighted by Crippen LogP contribution is 2.29. The lowest BCUT2D eigenvalue weighted by atomic mass is 10.2. The summed E-state index contributed by atoms with van der Waals surface area (Å²) in [6.45, 7) is 5.95. The van der Waals surface area contributed by atoms with Gasteiger partial charge in [-0.15, -0.1) is 0 Å². The van der Waals surface area contributed by atoms with Gasteiger partial charge in [-0.05, 0) is 37.1 Å². The van der Waals surface area contributed by atoms with Crippen molar-refractivity contribution >= 4 is 44.8 Å². The molecule has 8 heteroatoms. The van der Waals surface area contributed by atoms with Crippen LogP contribution in [0.2, 0.25) is 10.0 Å². The fraction of sp³-hybridized carbons (Fsp3) is 0.278. The Hall–Kier alpha value is -1.60. The van der Waals surface area contributed by atoms with Crippen LogP contribution in [-0.2, 0) is 10.0 Å². The second-order valence-electron chi connectivity index (χ2n) is 6.33. The highest BCUT2D eigenvalue weighted by molar-refractivity contribution is 7.89. The van der Waals surface area contributed by atoms with Gasteiger partial charge in [-0.1, -0.05) is 54.7 Å². The van der Waals surface area contributed by atoms with Crippen molar-refractivity contribution in [1.29, 1.82) is 0 Å². The third-order valence-electron chi connectivity index (χ3n) is 3.55. The van der Waals surface area contributed by atoms with Gasteiger partial charge in [-0.2, -0.15) is 0 Å². The van der Waals surface area contributed by atoms with Gasteiger partial charge in [-0.3, -0.25) is 4.79 Å². The summed E-state index contributed by atoms with van der Waals surface area (Å²) in [5, 5.41) is 2.72. The first-order chi connectivity index (χ1) is 12.1. The molecule has 2 aromatic carbocycles. The molecule has 0 atom stereocenters. The van der Waals surface area contributed by atoms with Crippen molar-refractivity contribution < 1.29 is 13.2 Å². The molecule has 0 aromatic heterocycles. The third kappa shape index (κ3) is 5.20. The Morgan fingerprint density at radius 3 is 2.27 bits per heavy atom. The molecule has 0 aliphatic heterocycles. The maximum Gasteiger partial charge on any atom is 0.257 e. The Balaban J connectivity index is 2.34. The molecule has 0 spiro atoms. The van der Waals surface area contributed by atoms with Crippen molar-refractivity contribution in [2.45, 2.75) is 25.7 Å². The van der Waals surface area contributed by atoms with Gasteiger partial charge in [0.15, 0.2) is 0 Å². The van der Waals surface area contributed by atoms with Crippen LogP contribution >= 0.6 is 23.2 Å². The van der Waals surface area contributed by atoms with E-state index in [1.165, 1.54) is 12.1 Å². The van der Waals surface area contributed by atoms with Gasteiger partial charge in [0.05, 0.1) is 15.6 Å². The number of carbonyl (C=O) groups excluding carboxylic acids is 1. The molecule has 0 radical (unpaired) electrons. The summed E-state index contributed by atoms with van der Waals surface area (Å²) in [5.74, 6) is -0.393. The van der Waals surface area contributed by atoms with Crippen molar-refractivity contribution in [2.75, 3.05) is 11.9 Å². The van der Waals surface area contributed by atoms with Gasteiger partial charge in [0, 0.05) is 12.2 Å². The normalized spacial score (nSPS) is 11.6. The number of nitrogens with one attached hydrogen (secondary N) is 2. The molecule has 0 saturated carbocycles. The quantitative estimate of drug-likeness (QED) is 0.730. The van der Waals surface area contributed by atoms with Gasteiger partial charge in [0.2, 0.25) is 10.0 Å². The van der Waals surface area contributed by atoms with Crippen LogP contribution in [0.5, 0.6) is 0 Å². The molecule has 0 unspecified atom stereocenters. The molecule has 0 bridgehead atoms. The average molecular weight is 415 g/mol. The van der Waals surface area contributed by atoms with Crippen LogP contribution in [-0.4, -0.2) is 20.9 Å². The molecule has 2 rings (SSSR count). The number of hydrogen-bond donors (Lipinski definition) is 2. The number of halogens is 2. The van der Waals surface area contributed by atoms with E-state index in [0.717, 1.165) is 5.56 Å². The number of sulfonamides is 1. The van der Waals surface area contributed by atoms with Crippen LogP contribution in [0, 0.1) is 12.8 Å². The Morgan fingerprint density at radius 2 is 1.69 bits per heavy atom. The second kappa shape index (κ2) is 8.39. The zero-order chi connectivity index (χ0) is 19.5. The van der Waals surface area contributed by atoms with Crippen LogP contribution in [0.3, 0.4) is 0 Å². The molecule has 0 aliphatic rings. The number of aryl methyl sites for hydroxylation is 1. The number of hydrogen-bond acceptors (Lipinski definition) is 3. The van der Waals surface area contributed by atoms with Gasteiger partial charge in [0.25, 0.3) is 5.91 Å². The van der Waals surface area contributed by atoms with E-state index in [2.05, 4.69) is 10.0 Å². The molecule has 26 heavy (non-hydrogen) atoms. The highest BCUT2D eigenvalue weighted by Gasteiger charge is 2.22. The SMILES string of the molecule is Cc1ccc(NC(=O)c2cc(S(=O)(=O)NCC(C)C)c(Cl)cc2Cl)cc1. The first kappa shape index (κ1) is 20.7. The van der Waals surface area contributed by atoms with E-state index in [0.29, 0.717) is 5.69 Å². The van der Waals surface area contributed by atoms with Crippen LogP contribution in [0.25, 0.3) is 0 Å². The minimum atomic E-state index is -3.86. The number of amides is 1. The minimum Gasteiger partial charge on any atom is -0.322 e. The molecule has 1 amide bonds. The Kier molecular flexibility index (Phi) is 6.69. The second-order valence-corrected chi connectivity index (χ2v) is 8.88. The predicted octanol–water partition coefficient (Wildman–Crippen LogP) is 4.49. The molecule has 140 valence electrons. The van der Waals surface area contributed by atoms with Gasteiger partial charge >= 0.3 is 0 Å². The Bertz CT molecular complexity index is 911. The monoisotopic (exact) mass is 414 g/mol. The lowest BCUT2D eigenvalue weighted by Crippen LogP contribution is -2.28. The molecule has 5 nitrogen and oxygen atoms in total. The molecule has 0 fully saturated rings. The van der Waals surface area contributed by atoms with E-state index in [9.17, 15) is 13.2 Å². The van der Waals surface area contributed by atoms with Crippen molar-refractivity contribution in [3.05, 3.63) is 57.6 Å². The fourth-order valence-electron chi connectivity index (χ4n) is 2.10. The van der Waals surface area contributed by atoms with Crippen LogP contribution in [0.1, 0.15) is 29.8 Å². The number of anilines is 1. The van der Waals surface area contributed by atoms with E-state index >= 15 is 0 Å². The lowest BCUT2D eigenvalue weighted by Gasteiger charge is -2.13. The van der Waals surface area contributed by atoms with Crippen LogP contribution in [0.15, 0.2) is 41.3 Å². The third-order valence-corrected chi connectivity index (χ3v) is 5.75. The molecular formula is C18H20Cl2N2O3S. The van der Waals surface area contributed by atoms with Crippen molar-refractivity contribution in [1.82, 2.24) is 4.72 Å². The van der Waals surface area contributed by atoms with Crippen molar-refractivity contribution in [3.63, 3.8) is 0 Å². The van der Waals surface area contributed by atoms with Gasteiger partial charge in [-0.25, -0.2) is 13.1 Å². The standard InChI is InChI=1S/C18H20Cl2N2O3S/c1-11(2)10-21-26(24,25)17-8-14(15(19)9-16(17)20)18(23)22-13-6-4-12(3)5-7-13/h4-9,11,21H,10H2,1-3H3,(H,22,23). The summed E-state index contributed by atoms with van der Waals surface area (Å²) in [7, 11) is -3.86. The maximum absolute atomic E-state index is 12.5. The smallest absolute Gasteiger partial charge is 0.257 e. The van der Waals surface area contributed by atoms with E-state index in [4.69, 9.17) is 23.2 Å². The average Bonchev–Trinajstić information content (AvgIpc) is 2.55. The zero-order valence-corrected chi connectivity index (χ0v) is 17.0. The molecular weight excluding hydrogens is 395 g/mol. The van der Waals surface area contributed by atoms with E-state index in [1.807, 2.05) is 32.9 Å². The zero-order valence-electron chi connectivity index (χ0n) is 14.6. The summed E-state index contributed by atoms with van der Waals surface area (Å²) in [6.07, 6.45) is 0. The molecule has 2 aromatic rings. The molecule has 0 heterocycles. The minimum absolute atomic E-state index is 0.0292.